The van der Waals surface area contributed by atoms with Crippen molar-refractivity contribution in [3.8, 4) is 44.9 Å². The molecule has 0 amide bonds. The van der Waals surface area contributed by atoms with E-state index < -0.39 is 11.4 Å². The van der Waals surface area contributed by atoms with E-state index in [9.17, 15) is 14.4 Å². The van der Waals surface area contributed by atoms with Gasteiger partial charge in [0.05, 0.1) is 18.1 Å². The highest BCUT2D eigenvalue weighted by Crippen LogP contribution is 2.57. The number of ketones is 2. The molecular weight excluding hydrogens is 669 g/mol. The van der Waals surface area contributed by atoms with Crippen LogP contribution in [0.5, 0.6) is 11.5 Å². The van der Waals surface area contributed by atoms with E-state index in [0.29, 0.717) is 39.3 Å². The van der Waals surface area contributed by atoms with Gasteiger partial charge in [-0.2, -0.15) is 0 Å². The summed E-state index contributed by atoms with van der Waals surface area (Å²) in [6.45, 7) is 3.12. The standard InChI is InChI=1S/C49H36O5/c1-31(50)36-17-7-9-19-38(36)42-29-34(25-27-46(42)53-3)49(44-23-13-11-21-40(44)41-22-12-14-24-45(41)49)35-26-28-47(54-48(52)33-15-5-4-6-16-33)43(30-35)39-20-10-8-18-37(39)32(2)51/h4-30H,1-3H3. The van der Waals surface area contributed by atoms with Crippen molar-refractivity contribution in [2.75, 3.05) is 7.11 Å². The lowest BCUT2D eigenvalue weighted by Crippen LogP contribution is -2.29. The molecule has 54 heavy (non-hydrogen) atoms. The average molecular weight is 705 g/mol. The summed E-state index contributed by atoms with van der Waals surface area (Å²) < 4.78 is 12.1. The van der Waals surface area contributed by atoms with Crippen molar-refractivity contribution in [3.63, 3.8) is 0 Å². The van der Waals surface area contributed by atoms with Crippen molar-refractivity contribution in [2.24, 2.45) is 0 Å². The lowest BCUT2D eigenvalue weighted by Gasteiger charge is -2.35. The molecule has 0 aromatic heterocycles. The number of hydrogen-bond acceptors (Lipinski definition) is 5. The number of fused-ring (bicyclic) bond motifs is 3. The zero-order chi connectivity index (χ0) is 37.4. The number of hydrogen-bond donors (Lipinski definition) is 0. The SMILES string of the molecule is COc1ccc(C2(c3ccc(OC(=O)c4ccccc4)c(-c4ccccc4C(C)=O)c3)c3ccccc3-c3ccccc32)cc1-c1ccccc1C(C)=O. The van der Waals surface area contributed by atoms with Gasteiger partial charge in [-0.25, -0.2) is 4.79 Å². The van der Waals surface area contributed by atoms with Gasteiger partial charge in [0, 0.05) is 22.3 Å². The Morgan fingerprint density at radius 3 is 1.37 bits per heavy atom. The Kier molecular flexibility index (Phi) is 8.84. The number of methoxy groups -OCH3 is 1. The third-order valence-electron chi connectivity index (χ3n) is 10.4. The number of rotatable bonds is 9. The van der Waals surface area contributed by atoms with Gasteiger partial charge < -0.3 is 9.47 Å². The highest BCUT2D eigenvalue weighted by molar-refractivity contribution is 6.03. The number of ether oxygens (including phenoxy) is 2. The van der Waals surface area contributed by atoms with Crippen molar-refractivity contribution >= 4 is 17.5 Å². The lowest BCUT2D eigenvalue weighted by atomic mass is 9.66. The summed E-state index contributed by atoms with van der Waals surface area (Å²) in [5, 5.41) is 0. The number of Topliss-reactive ketones (excluding diaryl/α,β-unsaturated/α-hetero) is 2. The van der Waals surface area contributed by atoms with Crippen LogP contribution in [0.4, 0.5) is 0 Å². The molecule has 8 rings (SSSR count). The van der Waals surface area contributed by atoms with Crippen LogP contribution in [-0.4, -0.2) is 24.6 Å². The highest BCUT2D eigenvalue weighted by atomic mass is 16.5. The predicted molar refractivity (Wildman–Crippen MR) is 213 cm³/mol. The summed E-state index contributed by atoms with van der Waals surface area (Å²) in [6.07, 6.45) is 0. The Bertz CT molecular complexity index is 2560. The smallest absolute Gasteiger partial charge is 0.343 e. The first kappa shape index (κ1) is 34.2. The van der Waals surface area contributed by atoms with Crippen LogP contribution in [0.25, 0.3) is 33.4 Å². The largest absolute Gasteiger partial charge is 0.496 e. The van der Waals surface area contributed by atoms with Gasteiger partial charge in [-0.3, -0.25) is 9.59 Å². The second-order valence-corrected chi connectivity index (χ2v) is 13.4. The van der Waals surface area contributed by atoms with Gasteiger partial charge in [-0.15, -0.1) is 0 Å². The molecule has 0 radical (unpaired) electrons. The molecule has 0 heterocycles. The van der Waals surface area contributed by atoms with Crippen molar-refractivity contribution in [2.45, 2.75) is 19.3 Å². The molecule has 7 aromatic carbocycles. The van der Waals surface area contributed by atoms with E-state index >= 15 is 0 Å². The second-order valence-electron chi connectivity index (χ2n) is 13.4. The maximum absolute atomic E-state index is 13.6. The molecular formula is C49H36O5. The predicted octanol–water partition coefficient (Wildman–Crippen LogP) is 11.0. The fraction of sp³-hybridized carbons (Fsp3) is 0.0816. The Labute approximate surface area is 314 Å². The van der Waals surface area contributed by atoms with Gasteiger partial charge in [0.15, 0.2) is 11.6 Å². The fourth-order valence-electron chi connectivity index (χ4n) is 8.02. The summed E-state index contributed by atoms with van der Waals surface area (Å²) in [7, 11) is 1.64. The molecule has 1 aliphatic carbocycles. The zero-order valence-electron chi connectivity index (χ0n) is 30.1. The molecule has 0 fully saturated rings. The van der Waals surface area contributed by atoms with Crippen LogP contribution in [0.1, 0.15) is 67.2 Å². The van der Waals surface area contributed by atoms with Gasteiger partial charge in [0.1, 0.15) is 11.5 Å². The first-order chi connectivity index (χ1) is 26.3. The molecule has 5 heteroatoms. The van der Waals surface area contributed by atoms with E-state index in [2.05, 4.69) is 66.7 Å². The summed E-state index contributed by atoms with van der Waals surface area (Å²) in [5.74, 6) is 0.327. The minimum atomic E-state index is -0.874. The molecule has 0 atom stereocenters. The van der Waals surface area contributed by atoms with Crippen molar-refractivity contribution in [1.82, 2.24) is 0 Å². The number of carbonyl (C=O) groups excluding carboxylic acids is 3. The average Bonchev–Trinajstić information content (AvgIpc) is 3.52. The number of carbonyl (C=O) groups is 3. The molecule has 7 aromatic rings. The van der Waals surface area contributed by atoms with Gasteiger partial charge in [-0.05, 0) is 94.8 Å². The van der Waals surface area contributed by atoms with Gasteiger partial charge in [-0.1, -0.05) is 127 Å². The summed E-state index contributed by atoms with van der Waals surface area (Å²) in [6, 6.07) is 52.8. The van der Waals surface area contributed by atoms with Crippen LogP contribution in [-0.2, 0) is 5.41 Å². The van der Waals surface area contributed by atoms with E-state index in [-0.39, 0.29) is 11.6 Å². The molecule has 0 bridgehead atoms. The third kappa shape index (κ3) is 5.62. The summed E-state index contributed by atoms with van der Waals surface area (Å²) in [4.78, 5) is 39.6. The molecule has 0 spiro atoms. The number of esters is 1. The van der Waals surface area contributed by atoms with Crippen LogP contribution >= 0.6 is 0 Å². The normalized spacial score (nSPS) is 12.4. The Balaban J connectivity index is 1.45. The van der Waals surface area contributed by atoms with Gasteiger partial charge >= 0.3 is 5.97 Å². The van der Waals surface area contributed by atoms with Gasteiger partial charge in [0.25, 0.3) is 0 Å². The second kappa shape index (κ2) is 13.9. The van der Waals surface area contributed by atoms with Crippen LogP contribution in [0, 0.1) is 0 Å². The molecule has 1 aliphatic rings. The van der Waals surface area contributed by atoms with E-state index in [1.54, 1.807) is 51.3 Å². The van der Waals surface area contributed by atoms with Crippen molar-refractivity contribution in [1.29, 1.82) is 0 Å². The van der Waals surface area contributed by atoms with Crippen LogP contribution in [0.2, 0.25) is 0 Å². The zero-order valence-corrected chi connectivity index (χ0v) is 30.1. The van der Waals surface area contributed by atoms with Crippen LogP contribution in [0.3, 0.4) is 0 Å². The van der Waals surface area contributed by atoms with Crippen molar-refractivity contribution in [3.05, 3.63) is 203 Å². The van der Waals surface area contributed by atoms with E-state index in [0.717, 1.165) is 44.5 Å². The minimum absolute atomic E-state index is 0.0428. The van der Waals surface area contributed by atoms with Gasteiger partial charge in [0.2, 0.25) is 0 Å². The lowest BCUT2D eigenvalue weighted by molar-refractivity contribution is 0.0735. The van der Waals surface area contributed by atoms with E-state index in [1.807, 2.05) is 66.7 Å². The quantitative estimate of drug-likeness (QED) is 0.0850. The minimum Gasteiger partial charge on any atom is -0.496 e. The molecule has 0 saturated carbocycles. The van der Waals surface area contributed by atoms with E-state index in [4.69, 9.17) is 9.47 Å². The molecule has 0 aliphatic heterocycles. The molecule has 0 unspecified atom stereocenters. The molecule has 0 saturated heterocycles. The maximum atomic E-state index is 13.6. The van der Waals surface area contributed by atoms with Crippen LogP contribution < -0.4 is 9.47 Å². The monoisotopic (exact) mass is 704 g/mol. The Morgan fingerprint density at radius 2 is 0.870 bits per heavy atom. The number of benzene rings is 7. The van der Waals surface area contributed by atoms with Crippen LogP contribution in [0.15, 0.2) is 164 Å². The topological polar surface area (TPSA) is 69.7 Å². The summed E-state index contributed by atoms with van der Waals surface area (Å²) >= 11 is 0. The molecule has 5 nitrogen and oxygen atoms in total. The first-order valence-electron chi connectivity index (χ1n) is 17.8. The maximum Gasteiger partial charge on any atom is 0.343 e. The fourth-order valence-corrected chi connectivity index (χ4v) is 8.02. The molecule has 0 N–H and O–H groups in total. The Hall–Kier alpha value is -6.85. The summed E-state index contributed by atoms with van der Waals surface area (Å²) in [5.41, 5.74) is 9.68. The third-order valence-corrected chi connectivity index (χ3v) is 10.4. The van der Waals surface area contributed by atoms with Crippen molar-refractivity contribution < 1.29 is 23.9 Å². The first-order valence-corrected chi connectivity index (χ1v) is 17.8. The van der Waals surface area contributed by atoms with E-state index in [1.165, 1.54) is 0 Å². The highest BCUT2D eigenvalue weighted by Gasteiger charge is 2.46. The Morgan fingerprint density at radius 1 is 0.444 bits per heavy atom. The molecule has 262 valence electrons.